The molecule has 0 amide bonds. The number of amidine groups is 1. The Morgan fingerprint density at radius 2 is 2.17 bits per heavy atom. The van der Waals surface area contributed by atoms with E-state index in [4.69, 9.17) is 4.99 Å². The zero-order chi connectivity index (χ0) is 12.2. The first-order chi connectivity index (χ1) is 8.93. The van der Waals surface area contributed by atoms with Gasteiger partial charge in [0.2, 0.25) is 0 Å². The summed E-state index contributed by atoms with van der Waals surface area (Å²) in [6, 6.07) is 5.10. The molecule has 1 aliphatic carbocycles. The lowest BCUT2D eigenvalue weighted by Crippen LogP contribution is -2.36. The molecule has 1 aromatic rings. The van der Waals surface area contributed by atoms with Gasteiger partial charge in [-0.3, -0.25) is 4.99 Å². The van der Waals surface area contributed by atoms with Gasteiger partial charge in [0.25, 0.3) is 0 Å². The third kappa shape index (κ3) is 2.77. The van der Waals surface area contributed by atoms with E-state index in [1.165, 1.54) is 44.4 Å². The summed E-state index contributed by atoms with van der Waals surface area (Å²) in [4.78, 5) is 6.27. The lowest BCUT2D eigenvalue weighted by molar-refractivity contribution is 0.559. The standard InChI is InChI=1S/C15H22N2S/c1-2-9-15(16-10-3-1)17-13-7-4-6-12(13)14-8-5-11-18-14/h5,8,11-13H,1-4,6-7,9-10H2,(H,16,17). The molecule has 2 aliphatic rings. The van der Waals surface area contributed by atoms with Crippen molar-refractivity contribution in [3.63, 3.8) is 0 Å². The summed E-state index contributed by atoms with van der Waals surface area (Å²) in [5.74, 6) is 2.00. The molecule has 2 nitrogen and oxygen atoms in total. The van der Waals surface area contributed by atoms with Gasteiger partial charge in [0, 0.05) is 29.8 Å². The molecule has 1 aromatic heterocycles. The first-order valence-electron chi connectivity index (χ1n) is 7.27. The van der Waals surface area contributed by atoms with Crippen molar-refractivity contribution in [2.24, 2.45) is 4.99 Å². The van der Waals surface area contributed by atoms with E-state index in [0.29, 0.717) is 6.04 Å². The van der Waals surface area contributed by atoms with Crippen LogP contribution >= 0.6 is 11.3 Å². The average Bonchev–Trinajstić information content (AvgIpc) is 2.97. The highest BCUT2D eigenvalue weighted by Gasteiger charge is 2.29. The summed E-state index contributed by atoms with van der Waals surface area (Å²) in [6.45, 7) is 1.03. The Kier molecular flexibility index (Phi) is 3.99. The molecule has 2 unspecified atom stereocenters. The van der Waals surface area contributed by atoms with Gasteiger partial charge in [-0.2, -0.15) is 0 Å². The fourth-order valence-corrected chi connectivity index (χ4v) is 4.11. The van der Waals surface area contributed by atoms with E-state index in [-0.39, 0.29) is 0 Å². The molecule has 98 valence electrons. The molecular weight excluding hydrogens is 240 g/mol. The van der Waals surface area contributed by atoms with Gasteiger partial charge in [-0.25, -0.2) is 0 Å². The van der Waals surface area contributed by atoms with Gasteiger partial charge >= 0.3 is 0 Å². The molecule has 1 N–H and O–H groups in total. The van der Waals surface area contributed by atoms with Crippen molar-refractivity contribution in [3.8, 4) is 0 Å². The number of nitrogens with one attached hydrogen (secondary N) is 1. The van der Waals surface area contributed by atoms with E-state index >= 15 is 0 Å². The van der Waals surface area contributed by atoms with E-state index in [1.807, 2.05) is 11.3 Å². The summed E-state index contributed by atoms with van der Waals surface area (Å²) in [6.07, 6.45) is 9.08. The molecule has 3 rings (SSSR count). The summed E-state index contributed by atoms with van der Waals surface area (Å²) < 4.78 is 0. The molecule has 1 saturated carbocycles. The van der Waals surface area contributed by atoms with Gasteiger partial charge in [0.1, 0.15) is 0 Å². The minimum Gasteiger partial charge on any atom is -0.370 e. The first kappa shape index (κ1) is 12.2. The molecule has 0 spiro atoms. The van der Waals surface area contributed by atoms with Crippen molar-refractivity contribution in [3.05, 3.63) is 22.4 Å². The van der Waals surface area contributed by atoms with E-state index in [2.05, 4.69) is 22.8 Å². The Balaban J connectivity index is 1.66. The van der Waals surface area contributed by atoms with Crippen LogP contribution < -0.4 is 5.32 Å². The Labute approximate surface area is 114 Å². The van der Waals surface area contributed by atoms with Gasteiger partial charge in [-0.1, -0.05) is 18.9 Å². The second-order valence-corrected chi connectivity index (χ2v) is 6.42. The number of nitrogens with zero attached hydrogens (tertiary/aromatic N) is 1. The fourth-order valence-electron chi connectivity index (χ4n) is 3.18. The predicted octanol–water partition coefficient (Wildman–Crippen LogP) is 3.95. The normalized spacial score (nSPS) is 28.8. The molecule has 1 fully saturated rings. The summed E-state index contributed by atoms with van der Waals surface area (Å²) in [5.41, 5.74) is 0. The average molecular weight is 262 g/mol. The Bertz CT molecular complexity index is 397. The zero-order valence-corrected chi connectivity index (χ0v) is 11.7. The van der Waals surface area contributed by atoms with E-state index in [0.717, 1.165) is 18.9 Å². The molecule has 0 radical (unpaired) electrons. The molecule has 1 aliphatic heterocycles. The summed E-state index contributed by atoms with van der Waals surface area (Å²) in [5, 5.41) is 5.96. The minimum atomic E-state index is 0.625. The van der Waals surface area contributed by atoms with Crippen molar-refractivity contribution >= 4 is 17.2 Å². The summed E-state index contributed by atoms with van der Waals surface area (Å²) in [7, 11) is 0. The van der Waals surface area contributed by atoms with Crippen LogP contribution in [0.4, 0.5) is 0 Å². The van der Waals surface area contributed by atoms with Gasteiger partial charge < -0.3 is 5.32 Å². The number of thiophene rings is 1. The van der Waals surface area contributed by atoms with Crippen LogP contribution in [0.3, 0.4) is 0 Å². The van der Waals surface area contributed by atoms with Crippen LogP contribution in [0.2, 0.25) is 0 Å². The Morgan fingerprint density at radius 1 is 1.17 bits per heavy atom. The van der Waals surface area contributed by atoms with Crippen LogP contribution in [-0.4, -0.2) is 18.4 Å². The smallest absolute Gasteiger partial charge is 0.0965 e. The maximum absolute atomic E-state index is 4.71. The first-order valence-corrected chi connectivity index (χ1v) is 8.15. The van der Waals surface area contributed by atoms with Gasteiger partial charge in [0.15, 0.2) is 0 Å². The lowest BCUT2D eigenvalue weighted by atomic mass is 10.0. The maximum Gasteiger partial charge on any atom is 0.0965 e. The van der Waals surface area contributed by atoms with E-state index < -0.39 is 0 Å². The minimum absolute atomic E-state index is 0.625. The highest BCUT2D eigenvalue weighted by atomic mass is 32.1. The number of hydrogen-bond acceptors (Lipinski definition) is 3. The third-order valence-corrected chi connectivity index (χ3v) is 5.16. The monoisotopic (exact) mass is 262 g/mol. The van der Waals surface area contributed by atoms with Crippen LogP contribution in [0.5, 0.6) is 0 Å². The molecule has 2 heterocycles. The number of hydrogen-bond donors (Lipinski definition) is 1. The van der Waals surface area contributed by atoms with Crippen LogP contribution in [-0.2, 0) is 0 Å². The molecule has 0 aromatic carbocycles. The van der Waals surface area contributed by atoms with Crippen molar-refractivity contribution in [1.82, 2.24) is 5.32 Å². The molecule has 0 bridgehead atoms. The second-order valence-electron chi connectivity index (χ2n) is 5.44. The second kappa shape index (κ2) is 5.87. The highest BCUT2D eigenvalue weighted by Crippen LogP contribution is 2.37. The summed E-state index contributed by atoms with van der Waals surface area (Å²) >= 11 is 1.91. The van der Waals surface area contributed by atoms with Crippen LogP contribution in [0.25, 0.3) is 0 Å². The largest absolute Gasteiger partial charge is 0.370 e. The van der Waals surface area contributed by atoms with Crippen molar-refractivity contribution < 1.29 is 0 Å². The van der Waals surface area contributed by atoms with Crippen molar-refractivity contribution in [1.29, 1.82) is 0 Å². The van der Waals surface area contributed by atoms with E-state index in [9.17, 15) is 0 Å². The topological polar surface area (TPSA) is 24.4 Å². The molecule has 3 heteroatoms. The molecule has 18 heavy (non-hydrogen) atoms. The van der Waals surface area contributed by atoms with Gasteiger partial charge in [-0.15, -0.1) is 11.3 Å². The highest BCUT2D eigenvalue weighted by molar-refractivity contribution is 7.10. The zero-order valence-electron chi connectivity index (χ0n) is 10.9. The SMILES string of the molecule is c1csc(C2CCCC2NC2=NCCCCC2)c1. The van der Waals surface area contributed by atoms with Crippen molar-refractivity contribution in [2.45, 2.75) is 56.9 Å². The Hall–Kier alpha value is -0.830. The van der Waals surface area contributed by atoms with Crippen LogP contribution in [0, 0.1) is 0 Å². The maximum atomic E-state index is 4.71. The molecule has 0 saturated heterocycles. The molecular formula is C15H22N2S. The van der Waals surface area contributed by atoms with Crippen LogP contribution in [0.1, 0.15) is 55.7 Å². The Morgan fingerprint density at radius 3 is 3.06 bits per heavy atom. The quantitative estimate of drug-likeness (QED) is 0.857. The molecule has 2 atom stereocenters. The van der Waals surface area contributed by atoms with Gasteiger partial charge in [-0.05, 0) is 37.1 Å². The van der Waals surface area contributed by atoms with E-state index in [1.54, 1.807) is 4.88 Å². The van der Waals surface area contributed by atoms with Gasteiger partial charge in [0.05, 0.1) is 5.84 Å². The van der Waals surface area contributed by atoms with Crippen molar-refractivity contribution in [2.75, 3.05) is 6.54 Å². The fraction of sp³-hybridized carbons (Fsp3) is 0.667. The third-order valence-electron chi connectivity index (χ3n) is 4.15. The predicted molar refractivity (Wildman–Crippen MR) is 78.6 cm³/mol. The number of aliphatic imine (C=N–C) groups is 1. The van der Waals surface area contributed by atoms with Crippen LogP contribution in [0.15, 0.2) is 22.5 Å². The lowest BCUT2D eigenvalue weighted by Gasteiger charge is -2.22. The number of rotatable bonds is 2.